The van der Waals surface area contributed by atoms with Crippen LogP contribution >= 0.6 is 11.8 Å². The second-order valence-electron chi connectivity index (χ2n) is 6.70. The molecule has 0 saturated carbocycles. The van der Waals surface area contributed by atoms with Crippen LogP contribution in [0.4, 0.5) is 0 Å². The zero-order valence-corrected chi connectivity index (χ0v) is 17.5. The van der Waals surface area contributed by atoms with E-state index in [0.29, 0.717) is 13.1 Å². The van der Waals surface area contributed by atoms with E-state index in [1.54, 1.807) is 0 Å². The highest BCUT2D eigenvalue weighted by Crippen LogP contribution is 2.36. The van der Waals surface area contributed by atoms with E-state index < -0.39 is 0 Å². The van der Waals surface area contributed by atoms with Crippen molar-refractivity contribution in [3.8, 4) is 0 Å². The van der Waals surface area contributed by atoms with E-state index in [1.165, 1.54) is 17.3 Å². The fourth-order valence-corrected chi connectivity index (χ4v) is 4.33. The summed E-state index contributed by atoms with van der Waals surface area (Å²) in [4.78, 5) is 23.2. The van der Waals surface area contributed by atoms with E-state index >= 15 is 0 Å². The van der Waals surface area contributed by atoms with Crippen molar-refractivity contribution in [1.29, 1.82) is 0 Å². The Hall–Kier alpha value is -2.53. The highest BCUT2D eigenvalue weighted by Gasteiger charge is 2.27. The Kier molecular flexibility index (Phi) is 6.93. The summed E-state index contributed by atoms with van der Waals surface area (Å²) >= 11 is 1.50. The van der Waals surface area contributed by atoms with E-state index in [9.17, 15) is 4.79 Å². The lowest BCUT2D eigenvalue weighted by atomic mass is 10.1. The van der Waals surface area contributed by atoms with Gasteiger partial charge in [0.25, 0.3) is 0 Å². The first-order chi connectivity index (χ1) is 13.6. The molecule has 0 aliphatic carbocycles. The summed E-state index contributed by atoms with van der Waals surface area (Å²) in [6.07, 6.45) is 0.781. The third kappa shape index (κ3) is 4.84. The van der Waals surface area contributed by atoms with Gasteiger partial charge in [0, 0.05) is 25.2 Å². The molecule has 2 aromatic carbocycles. The Morgan fingerprint density at radius 3 is 2.25 bits per heavy atom. The van der Waals surface area contributed by atoms with Crippen LogP contribution in [0.25, 0.3) is 0 Å². The minimum Gasteiger partial charge on any atom is -0.342 e. The largest absolute Gasteiger partial charge is 0.342 e. The van der Waals surface area contributed by atoms with Crippen LogP contribution in [0.1, 0.15) is 41.6 Å². The van der Waals surface area contributed by atoms with Gasteiger partial charge in [-0.3, -0.25) is 4.79 Å². The molecule has 5 heteroatoms. The van der Waals surface area contributed by atoms with Crippen molar-refractivity contribution in [2.75, 3.05) is 13.1 Å². The molecular weight excluding hydrogens is 366 g/mol. The number of benzene rings is 2. The van der Waals surface area contributed by atoms with Crippen molar-refractivity contribution < 1.29 is 4.79 Å². The Morgan fingerprint density at radius 1 is 1.04 bits per heavy atom. The van der Waals surface area contributed by atoms with Crippen LogP contribution in [0.3, 0.4) is 0 Å². The maximum absolute atomic E-state index is 13.2. The number of amides is 1. The van der Waals surface area contributed by atoms with Gasteiger partial charge in [-0.05, 0) is 31.9 Å². The molecule has 0 unspecified atom stereocenters. The summed E-state index contributed by atoms with van der Waals surface area (Å²) in [5.41, 5.74) is 4.31. The Balaban J connectivity index is 1.85. The van der Waals surface area contributed by atoms with Gasteiger partial charge in [-0.1, -0.05) is 72.4 Å². The zero-order valence-electron chi connectivity index (χ0n) is 16.7. The quantitative estimate of drug-likeness (QED) is 0.547. The molecule has 1 heterocycles. The molecule has 3 aromatic rings. The number of rotatable bonds is 8. The van der Waals surface area contributed by atoms with Crippen LogP contribution in [0, 0.1) is 6.92 Å². The van der Waals surface area contributed by atoms with Gasteiger partial charge in [-0.25, -0.2) is 4.98 Å². The average Bonchev–Trinajstić information content (AvgIpc) is 3.07. The second kappa shape index (κ2) is 9.60. The molecule has 1 atom stereocenters. The van der Waals surface area contributed by atoms with Crippen molar-refractivity contribution >= 4 is 17.7 Å². The highest BCUT2D eigenvalue weighted by molar-refractivity contribution is 8.00. The molecule has 0 bridgehead atoms. The van der Waals surface area contributed by atoms with Crippen LogP contribution in [0.15, 0.2) is 65.8 Å². The number of hydrogen-bond donors (Lipinski definition) is 1. The molecule has 0 radical (unpaired) electrons. The predicted molar refractivity (Wildman–Crippen MR) is 116 cm³/mol. The number of thioether (sulfide) groups is 1. The first-order valence-corrected chi connectivity index (χ1v) is 10.6. The van der Waals surface area contributed by atoms with Crippen molar-refractivity contribution in [3.05, 3.63) is 83.2 Å². The minimum atomic E-state index is -0.309. The van der Waals surface area contributed by atoms with Crippen LogP contribution in [-0.2, 0) is 11.2 Å². The number of aryl methyl sites for hydroxylation is 1. The summed E-state index contributed by atoms with van der Waals surface area (Å²) < 4.78 is 0. The molecular formula is C23H27N3OS. The van der Waals surface area contributed by atoms with Gasteiger partial charge < -0.3 is 9.88 Å². The summed E-state index contributed by atoms with van der Waals surface area (Å²) in [7, 11) is 0. The number of carbonyl (C=O) groups excluding carboxylic acids is 1. The van der Waals surface area contributed by atoms with E-state index in [2.05, 4.69) is 17.1 Å². The van der Waals surface area contributed by atoms with E-state index in [4.69, 9.17) is 4.98 Å². The van der Waals surface area contributed by atoms with Crippen molar-refractivity contribution in [2.24, 2.45) is 0 Å². The number of carbonyl (C=O) groups is 1. The fourth-order valence-electron chi connectivity index (χ4n) is 3.19. The number of nitrogens with one attached hydrogen (secondary N) is 1. The Morgan fingerprint density at radius 2 is 1.64 bits per heavy atom. The molecule has 0 spiro atoms. The summed E-state index contributed by atoms with van der Waals surface area (Å²) in [6, 6.07) is 20.3. The third-order valence-corrected chi connectivity index (χ3v) is 5.94. The molecule has 1 amide bonds. The molecule has 0 aliphatic rings. The van der Waals surface area contributed by atoms with Gasteiger partial charge in [0.1, 0.15) is 5.25 Å². The molecule has 0 aliphatic heterocycles. The number of aromatic nitrogens is 2. The molecule has 4 nitrogen and oxygen atoms in total. The molecule has 1 N–H and O–H groups in total. The number of nitrogens with zero attached hydrogens (tertiary/aromatic N) is 2. The maximum atomic E-state index is 13.2. The molecule has 3 rings (SSSR count). The van der Waals surface area contributed by atoms with Crippen LogP contribution in [0.2, 0.25) is 0 Å². The van der Waals surface area contributed by atoms with Crippen LogP contribution in [-0.4, -0.2) is 33.9 Å². The number of hydrogen-bond acceptors (Lipinski definition) is 3. The molecule has 0 fully saturated rings. The lowest BCUT2D eigenvalue weighted by molar-refractivity contribution is -0.130. The van der Waals surface area contributed by atoms with Crippen molar-refractivity contribution in [2.45, 2.75) is 37.6 Å². The van der Waals surface area contributed by atoms with Gasteiger partial charge in [0.05, 0.1) is 5.69 Å². The zero-order chi connectivity index (χ0) is 19.9. The Bertz CT molecular complexity index is 889. The summed E-state index contributed by atoms with van der Waals surface area (Å²) in [5.74, 6) is 0.125. The molecule has 146 valence electrons. The van der Waals surface area contributed by atoms with Gasteiger partial charge in [0.2, 0.25) is 5.91 Å². The second-order valence-corrected chi connectivity index (χ2v) is 7.79. The number of H-pyrrole nitrogens is 1. The molecule has 0 saturated heterocycles. The van der Waals surface area contributed by atoms with Crippen molar-refractivity contribution in [3.63, 3.8) is 0 Å². The molecule has 28 heavy (non-hydrogen) atoms. The fraction of sp³-hybridized carbons (Fsp3) is 0.304. The topological polar surface area (TPSA) is 49.0 Å². The SMILES string of the molecule is CCN(CC)C(=O)[C@@H](Sc1nc(Cc2ccccc2)c(C)[nH]1)c1ccccc1. The third-order valence-electron chi connectivity index (χ3n) is 4.81. The Labute approximate surface area is 171 Å². The van der Waals surface area contributed by atoms with Crippen LogP contribution < -0.4 is 0 Å². The number of aromatic amines is 1. The normalized spacial score (nSPS) is 12.0. The van der Waals surface area contributed by atoms with E-state index in [0.717, 1.165) is 28.5 Å². The van der Waals surface area contributed by atoms with E-state index in [1.807, 2.05) is 74.2 Å². The lowest BCUT2D eigenvalue weighted by Crippen LogP contribution is -2.33. The van der Waals surface area contributed by atoms with Gasteiger partial charge in [0.15, 0.2) is 5.16 Å². The smallest absolute Gasteiger partial charge is 0.240 e. The first kappa shape index (κ1) is 20.2. The average molecular weight is 394 g/mol. The lowest BCUT2D eigenvalue weighted by Gasteiger charge is -2.24. The standard InChI is InChI=1S/C23H27N3OS/c1-4-26(5-2)22(27)21(19-14-10-7-11-15-19)28-23-24-17(3)20(25-23)16-18-12-8-6-9-13-18/h6-15,21H,4-5,16H2,1-3H3,(H,24,25)/t21-/m0/s1. The number of imidazole rings is 1. The van der Waals surface area contributed by atoms with Crippen LogP contribution in [0.5, 0.6) is 0 Å². The highest BCUT2D eigenvalue weighted by atomic mass is 32.2. The monoisotopic (exact) mass is 393 g/mol. The van der Waals surface area contributed by atoms with Gasteiger partial charge in [-0.2, -0.15) is 0 Å². The minimum absolute atomic E-state index is 0.125. The van der Waals surface area contributed by atoms with Gasteiger partial charge in [-0.15, -0.1) is 0 Å². The van der Waals surface area contributed by atoms with E-state index in [-0.39, 0.29) is 11.2 Å². The number of likely N-dealkylation sites (N-methyl/N-ethyl adjacent to an activating group) is 1. The first-order valence-electron chi connectivity index (χ1n) is 9.72. The predicted octanol–water partition coefficient (Wildman–Crippen LogP) is 5.01. The van der Waals surface area contributed by atoms with Gasteiger partial charge >= 0.3 is 0 Å². The van der Waals surface area contributed by atoms with Crippen molar-refractivity contribution in [1.82, 2.24) is 14.9 Å². The summed E-state index contributed by atoms with van der Waals surface area (Å²) in [6.45, 7) is 7.48. The summed E-state index contributed by atoms with van der Waals surface area (Å²) in [5, 5.41) is 0.481. The maximum Gasteiger partial charge on any atom is 0.240 e. The molecule has 1 aromatic heterocycles.